The standard InChI is InChI=1S/C9H17NO/c1-2-9-3-4-10(9)5-8-6-11-7-8/h8-9H,2-7H2,1H3/t9-/m1/s1. The van der Waals surface area contributed by atoms with Gasteiger partial charge in [0.05, 0.1) is 13.2 Å². The van der Waals surface area contributed by atoms with Crippen LogP contribution in [0.15, 0.2) is 0 Å². The van der Waals surface area contributed by atoms with Crippen molar-refractivity contribution in [2.24, 2.45) is 5.92 Å². The van der Waals surface area contributed by atoms with Crippen molar-refractivity contribution in [1.29, 1.82) is 0 Å². The van der Waals surface area contributed by atoms with Gasteiger partial charge >= 0.3 is 0 Å². The van der Waals surface area contributed by atoms with E-state index in [1.165, 1.54) is 25.9 Å². The molecule has 2 saturated heterocycles. The van der Waals surface area contributed by atoms with Crippen LogP contribution in [0, 0.1) is 5.92 Å². The minimum Gasteiger partial charge on any atom is -0.381 e. The van der Waals surface area contributed by atoms with Gasteiger partial charge in [0, 0.05) is 18.5 Å². The summed E-state index contributed by atoms with van der Waals surface area (Å²) in [7, 11) is 0. The van der Waals surface area contributed by atoms with Gasteiger partial charge in [0.1, 0.15) is 0 Å². The van der Waals surface area contributed by atoms with Crippen LogP contribution in [-0.4, -0.2) is 37.2 Å². The van der Waals surface area contributed by atoms with E-state index in [2.05, 4.69) is 11.8 Å². The summed E-state index contributed by atoms with van der Waals surface area (Å²) in [4.78, 5) is 2.60. The van der Waals surface area contributed by atoms with Crippen molar-refractivity contribution >= 4 is 0 Å². The fourth-order valence-corrected chi connectivity index (χ4v) is 1.92. The van der Waals surface area contributed by atoms with Crippen LogP contribution in [0.1, 0.15) is 19.8 Å². The molecular formula is C9H17NO. The van der Waals surface area contributed by atoms with Gasteiger partial charge in [-0.1, -0.05) is 6.92 Å². The van der Waals surface area contributed by atoms with E-state index < -0.39 is 0 Å². The van der Waals surface area contributed by atoms with Gasteiger partial charge in [-0.15, -0.1) is 0 Å². The number of likely N-dealkylation sites (tertiary alicyclic amines) is 1. The molecule has 2 nitrogen and oxygen atoms in total. The molecule has 2 heteroatoms. The number of rotatable bonds is 3. The molecule has 0 spiro atoms. The van der Waals surface area contributed by atoms with Crippen molar-refractivity contribution in [3.63, 3.8) is 0 Å². The van der Waals surface area contributed by atoms with Crippen molar-refractivity contribution in [3.05, 3.63) is 0 Å². The van der Waals surface area contributed by atoms with E-state index in [9.17, 15) is 0 Å². The van der Waals surface area contributed by atoms with Crippen molar-refractivity contribution < 1.29 is 4.74 Å². The van der Waals surface area contributed by atoms with Crippen LogP contribution in [0.2, 0.25) is 0 Å². The lowest BCUT2D eigenvalue weighted by Gasteiger charge is -2.44. The Morgan fingerprint density at radius 1 is 1.45 bits per heavy atom. The van der Waals surface area contributed by atoms with Crippen LogP contribution in [0.25, 0.3) is 0 Å². The first-order valence-electron chi connectivity index (χ1n) is 4.72. The van der Waals surface area contributed by atoms with E-state index in [0.29, 0.717) is 0 Å². The van der Waals surface area contributed by atoms with Crippen molar-refractivity contribution in [1.82, 2.24) is 4.90 Å². The summed E-state index contributed by atoms with van der Waals surface area (Å²) < 4.78 is 5.15. The molecule has 0 bridgehead atoms. The maximum Gasteiger partial charge on any atom is 0.0528 e. The van der Waals surface area contributed by atoms with Gasteiger partial charge in [0.15, 0.2) is 0 Å². The highest BCUT2D eigenvalue weighted by Crippen LogP contribution is 2.23. The zero-order valence-electron chi connectivity index (χ0n) is 7.25. The minimum absolute atomic E-state index is 0.851. The normalized spacial score (nSPS) is 33.0. The summed E-state index contributed by atoms with van der Waals surface area (Å²) in [6, 6.07) is 0.899. The van der Waals surface area contributed by atoms with Crippen molar-refractivity contribution in [2.75, 3.05) is 26.3 Å². The molecule has 11 heavy (non-hydrogen) atoms. The number of nitrogens with zero attached hydrogens (tertiary/aromatic N) is 1. The summed E-state index contributed by atoms with van der Waals surface area (Å²) in [5.41, 5.74) is 0. The third-order valence-corrected chi connectivity index (χ3v) is 2.94. The van der Waals surface area contributed by atoms with E-state index in [1.54, 1.807) is 0 Å². The first kappa shape index (κ1) is 7.56. The maximum atomic E-state index is 5.15. The van der Waals surface area contributed by atoms with Gasteiger partial charge < -0.3 is 4.74 Å². The van der Waals surface area contributed by atoms with Crippen LogP contribution in [0.4, 0.5) is 0 Å². The summed E-state index contributed by atoms with van der Waals surface area (Å²) in [6.45, 7) is 6.92. The zero-order chi connectivity index (χ0) is 7.68. The monoisotopic (exact) mass is 155 g/mol. The van der Waals surface area contributed by atoms with Gasteiger partial charge in [-0.3, -0.25) is 4.90 Å². The number of hydrogen-bond donors (Lipinski definition) is 0. The zero-order valence-corrected chi connectivity index (χ0v) is 7.25. The third-order valence-electron chi connectivity index (χ3n) is 2.94. The van der Waals surface area contributed by atoms with Gasteiger partial charge in [-0.05, 0) is 19.4 Å². The van der Waals surface area contributed by atoms with Crippen molar-refractivity contribution in [3.8, 4) is 0 Å². The van der Waals surface area contributed by atoms with Gasteiger partial charge in [-0.25, -0.2) is 0 Å². The van der Waals surface area contributed by atoms with E-state index >= 15 is 0 Å². The molecule has 0 aromatic carbocycles. The van der Waals surface area contributed by atoms with Crippen LogP contribution < -0.4 is 0 Å². The SMILES string of the molecule is CC[C@@H]1CCN1CC1COC1. The molecular weight excluding hydrogens is 138 g/mol. The fraction of sp³-hybridized carbons (Fsp3) is 1.00. The largest absolute Gasteiger partial charge is 0.381 e. The molecule has 0 radical (unpaired) electrons. The molecule has 2 fully saturated rings. The first-order valence-corrected chi connectivity index (χ1v) is 4.72. The highest BCUT2D eigenvalue weighted by atomic mass is 16.5. The molecule has 1 atom stereocenters. The lowest BCUT2D eigenvalue weighted by atomic mass is 9.97. The minimum atomic E-state index is 0.851. The second kappa shape index (κ2) is 3.11. The molecule has 0 amide bonds. The molecule has 0 unspecified atom stereocenters. The Hall–Kier alpha value is -0.0800. The van der Waals surface area contributed by atoms with Crippen LogP contribution in [-0.2, 0) is 4.74 Å². The van der Waals surface area contributed by atoms with E-state index in [4.69, 9.17) is 4.74 Å². The predicted molar refractivity (Wildman–Crippen MR) is 44.6 cm³/mol. The molecule has 0 aromatic rings. The first-order chi connectivity index (χ1) is 5.40. The van der Waals surface area contributed by atoms with Gasteiger partial charge in [-0.2, -0.15) is 0 Å². The Bertz CT molecular complexity index is 132. The molecule has 0 aromatic heterocycles. The molecule has 0 N–H and O–H groups in total. The highest BCUT2D eigenvalue weighted by molar-refractivity contribution is 4.84. The number of hydrogen-bond acceptors (Lipinski definition) is 2. The van der Waals surface area contributed by atoms with Gasteiger partial charge in [0.25, 0.3) is 0 Å². The average molecular weight is 155 g/mol. The smallest absolute Gasteiger partial charge is 0.0528 e. The van der Waals surface area contributed by atoms with Crippen LogP contribution >= 0.6 is 0 Å². The quantitative estimate of drug-likeness (QED) is 0.605. The summed E-state index contributed by atoms with van der Waals surface area (Å²) >= 11 is 0. The lowest BCUT2D eigenvalue weighted by Crippen LogP contribution is -2.52. The maximum absolute atomic E-state index is 5.15. The van der Waals surface area contributed by atoms with Gasteiger partial charge in [0.2, 0.25) is 0 Å². The predicted octanol–water partition coefficient (Wildman–Crippen LogP) is 1.12. The summed E-state index contributed by atoms with van der Waals surface area (Å²) in [5.74, 6) is 0.851. The van der Waals surface area contributed by atoms with E-state index in [0.717, 1.165) is 25.2 Å². The molecule has 2 aliphatic rings. The van der Waals surface area contributed by atoms with Crippen LogP contribution in [0.3, 0.4) is 0 Å². The van der Waals surface area contributed by atoms with E-state index in [-0.39, 0.29) is 0 Å². The molecule has 2 rings (SSSR count). The second-order valence-corrected chi connectivity index (χ2v) is 3.75. The highest BCUT2D eigenvalue weighted by Gasteiger charge is 2.30. The Morgan fingerprint density at radius 2 is 2.27 bits per heavy atom. The van der Waals surface area contributed by atoms with Crippen molar-refractivity contribution in [2.45, 2.75) is 25.8 Å². The third kappa shape index (κ3) is 1.42. The second-order valence-electron chi connectivity index (χ2n) is 3.75. The lowest BCUT2D eigenvalue weighted by molar-refractivity contribution is -0.0651. The Morgan fingerprint density at radius 3 is 2.64 bits per heavy atom. The molecule has 2 heterocycles. The van der Waals surface area contributed by atoms with E-state index in [1.807, 2.05) is 0 Å². The molecule has 64 valence electrons. The summed E-state index contributed by atoms with van der Waals surface area (Å²) in [5, 5.41) is 0. The summed E-state index contributed by atoms with van der Waals surface area (Å²) in [6.07, 6.45) is 2.75. The Labute approximate surface area is 68.5 Å². The average Bonchev–Trinajstić information content (AvgIpc) is 1.83. The molecule has 0 aliphatic carbocycles. The Kier molecular flexibility index (Phi) is 2.14. The number of ether oxygens (including phenoxy) is 1. The fourth-order valence-electron chi connectivity index (χ4n) is 1.92. The van der Waals surface area contributed by atoms with Crippen LogP contribution in [0.5, 0.6) is 0 Å². The molecule has 2 aliphatic heterocycles. The Balaban J connectivity index is 1.69. The topological polar surface area (TPSA) is 12.5 Å². The molecule has 0 saturated carbocycles.